The Morgan fingerprint density at radius 3 is 1.68 bits per heavy atom. The van der Waals surface area contributed by atoms with E-state index < -0.39 is 42.5 Å². The highest BCUT2D eigenvalue weighted by atomic mass is 16.4. The van der Waals surface area contributed by atoms with Crippen LogP contribution in [-0.2, 0) is 0 Å². The van der Waals surface area contributed by atoms with Gasteiger partial charge in [-0.25, -0.2) is 0 Å². The lowest BCUT2D eigenvalue weighted by Crippen LogP contribution is -2.46. The molecule has 1 fully saturated rings. The molecule has 106 valence electrons. The van der Waals surface area contributed by atoms with Crippen molar-refractivity contribution in [1.29, 1.82) is 0 Å². The van der Waals surface area contributed by atoms with Crippen molar-refractivity contribution in [2.24, 2.45) is 0 Å². The summed E-state index contributed by atoms with van der Waals surface area (Å²) in [4.78, 5) is 0. The van der Waals surface area contributed by atoms with E-state index in [9.17, 15) is 20.4 Å². The van der Waals surface area contributed by atoms with Crippen molar-refractivity contribution < 1.29 is 30.6 Å². The molecule has 0 amide bonds. The fourth-order valence-corrected chi connectivity index (χ4v) is 2.84. The maximum atomic E-state index is 10.4. The Morgan fingerprint density at radius 1 is 0.895 bits per heavy atom. The van der Waals surface area contributed by atoms with Gasteiger partial charge in [0.1, 0.15) is 23.4 Å². The van der Waals surface area contributed by atoms with Gasteiger partial charge in [-0.3, -0.25) is 0 Å². The predicted molar refractivity (Wildman–Crippen MR) is 65.3 cm³/mol. The van der Waals surface area contributed by atoms with Crippen LogP contribution >= 0.6 is 0 Å². The summed E-state index contributed by atoms with van der Waals surface area (Å²) >= 11 is 0. The van der Waals surface area contributed by atoms with Gasteiger partial charge in [-0.2, -0.15) is 0 Å². The molecule has 6 N–H and O–H groups in total. The zero-order valence-corrected chi connectivity index (χ0v) is 10.2. The van der Waals surface area contributed by atoms with Crippen LogP contribution in [0.2, 0.25) is 0 Å². The van der Waals surface area contributed by atoms with E-state index >= 15 is 0 Å². The van der Waals surface area contributed by atoms with Crippen molar-refractivity contribution in [3.8, 4) is 0 Å². The molecule has 5 atom stereocenters. The number of aliphatic hydroxyl groups excluding tert-OH is 4. The van der Waals surface area contributed by atoms with E-state index in [1.165, 1.54) is 0 Å². The standard InChI is InChI=1S/C13H18O6/c14-6-9(16)12(18)11(8-4-2-1-3-5-8)13(12,19)10(17)7-15/h1-5,9-11,14-19H,6-7H2/t9-,10+,11?,12-,13-/m0/s1. The van der Waals surface area contributed by atoms with E-state index in [-0.39, 0.29) is 0 Å². The van der Waals surface area contributed by atoms with Crippen molar-refractivity contribution in [2.75, 3.05) is 13.2 Å². The molecule has 0 bridgehead atoms. The van der Waals surface area contributed by atoms with Gasteiger partial charge in [0.25, 0.3) is 0 Å². The fraction of sp³-hybridized carbons (Fsp3) is 0.538. The molecular weight excluding hydrogens is 252 g/mol. The Morgan fingerprint density at radius 2 is 1.32 bits per heavy atom. The summed E-state index contributed by atoms with van der Waals surface area (Å²) in [5, 5.41) is 58.2. The van der Waals surface area contributed by atoms with Crippen molar-refractivity contribution in [1.82, 2.24) is 0 Å². The van der Waals surface area contributed by atoms with Gasteiger partial charge in [0.2, 0.25) is 0 Å². The average Bonchev–Trinajstić information content (AvgIpc) is 2.97. The van der Waals surface area contributed by atoms with Gasteiger partial charge in [0.15, 0.2) is 0 Å². The molecule has 1 aliphatic carbocycles. The number of rotatable bonds is 5. The summed E-state index contributed by atoms with van der Waals surface area (Å²) in [6.07, 6.45) is -3.24. The van der Waals surface area contributed by atoms with E-state index in [2.05, 4.69) is 0 Å². The lowest BCUT2D eigenvalue weighted by Gasteiger charge is -2.23. The highest BCUT2D eigenvalue weighted by Crippen LogP contribution is 2.64. The Bertz CT molecular complexity index is 416. The van der Waals surface area contributed by atoms with Gasteiger partial charge < -0.3 is 30.6 Å². The van der Waals surface area contributed by atoms with Gasteiger partial charge in [-0.05, 0) is 5.56 Å². The summed E-state index contributed by atoms with van der Waals surface area (Å²) in [6.45, 7) is -1.53. The van der Waals surface area contributed by atoms with Crippen LogP contribution in [0.25, 0.3) is 0 Å². The number of aliphatic hydroxyl groups is 6. The van der Waals surface area contributed by atoms with Crippen LogP contribution in [0.4, 0.5) is 0 Å². The summed E-state index contributed by atoms with van der Waals surface area (Å²) < 4.78 is 0. The van der Waals surface area contributed by atoms with Gasteiger partial charge in [-0.1, -0.05) is 30.3 Å². The molecule has 0 saturated heterocycles. The summed E-state index contributed by atoms with van der Waals surface area (Å²) in [5.74, 6) is -0.981. The third-order valence-electron chi connectivity index (χ3n) is 3.93. The zero-order valence-electron chi connectivity index (χ0n) is 10.2. The van der Waals surface area contributed by atoms with Gasteiger partial charge >= 0.3 is 0 Å². The second kappa shape index (κ2) is 4.82. The molecule has 1 aromatic rings. The van der Waals surface area contributed by atoms with Crippen LogP contribution in [0.15, 0.2) is 30.3 Å². The Labute approximate surface area is 110 Å². The van der Waals surface area contributed by atoms with E-state index in [1.807, 2.05) is 0 Å². The molecule has 2 rings (SSSR count). The quantitative estimate of drug-likeness (QED) is 0.366. The van der Waals surface area contributed by atoms with E-state index in [4.69, 9.17) is 10.2 Å². The van der Waals surface area contributed by atoms with Gasteiger partial charge in [-0.15, -0.1) is 0 Å². The molecule has 0 heterocycles. The normalized spacial score (nSPS) is 36.8. The lowest BCUT2D eigenvalue weighted by molar-refractivity contribution is -0.123. The molecule has 1 unspecified atom stereocenters. The summed E-state index contributed by atoms with van der Waals surface area (Å²) in [6, 6.07) is 8.37. The minimum Gasteiger partial charge on any atom is -0.394 e. The number of hydrogen-bond donors (Lipinski definition) is 6. The van der Waals surface area contributed by atoms with Crippen LogP contribution < -0.4 is 0 Å². The van der Waals surface area contributed by atoms with Crippen molar-refractivity contribution in [2.45, 2.75) is 29.3 Å². The number of benzene rings is 1. The molecule has 19 heavy (non-hydrogen) atoms. The maximum Gasteiger partial charge on any atom is 0.134 e. The molecule has 0 aliphatic heterocycles. The lowest BCUT2D eigenvalue weighted by atomic mass is 10.0. The van der Waals surface area contributed by atoms with E-state index in [1.54, 1.807) is 30.3 Å². The fourth-order valence-electron chi connectivity index (χ4n) is 2.84. The SMILES string of the molecule is OC[C@@H](O)[C@]1(O)C(c2ccccc2)[C@@]1(O)[C@@H](O)CO. The van der Waals surface area contributed by atoms with Gasteiger partial charge in [0.05, 0.1) is 19.1 Å². The highest BCUT2D eigenvalue weighted by molar-refractivity contribution is 5.45. The molecule has 6 nitrogen and oxygen atoms in total. The molecule has 0 radical (unpaired) electrons. The number of hydrogen-bond acceptors (Lipinski definition) is 6. The smallest absolute Gasteiger partial charge is 0.134 e. The monoisotopic (exact) mass is 270 g/mol. The molecular formula is C13H18O6. The van der Waals surface area contributed by atoms with Crippen molar-refractivity contribution >= 4 is 0 Å². The second-order valence-electron chi connectivity index (χ2n) is 4.89. The topological polar surface area (TPSA) is 121 Å². The summed E-state index contributed by atoms with van der Waals surface area (Å²) in [7, 11) is 0. The first-order valence-corrected chi connectivity index (χ1v) is 6.02. The van der Waals surface area contributed by atoms with Crippen LogP contribution in [-0.4, -0.2) is 67.3 Å². The second-order valence-corrected chi connectivity index (χ2v) is 4.89. The first-order chi connectivity index (χ1) is 8.94. The minimum atomic E-state index is -2.09. The Kier molecular flexibility index (Phi) is 3.65. The van der Waals surface area contributed by atoms with Crippen LogP contribution in [0, 0.1) is 0 Å². The third-order valence-corrected chi connectivity index (χ3v) is 3.93. The molecule has 0 spiro atoms. The van der Waals surface area contributed by atoms with Crippen LogP contribution in [0.1, 0.15) is 11.5 Å². The van der Waals surface area contributed by atoms with Crippen LogP contribution in [0.5, 0.6) is 0 Å². The first kappa shape index (κ1) is 14.4. The molecule has 1 aliphatic rings. The van der Waals surface area contributed by atoms with Crippen molar-refractivity contribution in [3.63, 3.8) is 0 Å². The zero-order chi connectivity index (χ0) is 14.3. The first-order valence-electron chi connectivity index (χ1n) is 6.02. The largest absolute Gasteiger partial charge is 0.394 e. The third kappa shape index (κ3) is 1.80. The minimum absolute atomic E-state index is 0.507. The van der Waals surface area contributed by atoms with E-state index in [0.29, 0.717) is 5.56 Å². The highest BCUT2D eigenvalue weighted by Gasteiger charge is 2.82. The molecule has 0 aromatic heterocycles. The Balaban J connectivity index is 2.42. The average molecular weight is 270 g/mol. The molecule has 1 saturated carbocycles. The molecule has 1 aromatic carbocycles. The predicted octanol–water partition coefficient (Wildman–Crippen LogP) is -2.05. The molecule has 6 heteroatoms. The maximum absolute atomic E-state index is 10.4. The van der Waals surface area contributed by atoms with Crippen LogP contribution in [0.3, 0.4) is 0 Å². The summed E-state index contributed by atoms with van der Waals surface area (Å²) in [5.41, 5.74) is -3.68. The van der Waals surface area contributed by atoms with Crippen molar-refractivity contribution in [3.05, 3.63) is 35.9 Å². The Hall–Kier alpha value is -1.02. The van der Waals surface area contributed by atoms with E-state index in [0.717, 1.165) is 0 Å². The van der Waals surface area contributed by atoms with Gasteiger partial charge in [0, 0.05) is 0 Å².